The fourth-order valence-corrected chi connectivity index (χ4v) is 0.368. The van der Waals surface area contributed by atoms with E-state index in [4.69, 9.17) is 16.7 Å². The predicted molar refractivity (Wildman–Crippen MR) is 34.1 cm³/mol. The van der Waals surface area contributed by atoms with Gasteiger partial charge in [0.15, 0.2) is 0 Å². The van der Waals surface area contributed by atoms with E-state index in [1.54, 1.807) is 0 Å². The zero-order valence-electron chi connectivity index (χ0n) is 5.37. The zero-order chi connectivity index (χ0) is 8.85. The average Bonchev–Trinajstić information content (AvgIpc) is 1.85. The van der Waals surface area contributed by atoms with Crippen molar-refractivity contribution >= 4 is 29.5 Å². The molecular formula is C5H5ClO5. The van der Waals surface area contributed by atoms with Gasteiger partial charge in [0.1, 0.15) is 12.3 Å². The Morgan fingerprint density at radius 1 is 1.27 bits per heavy atom. The number of hydrogen-bond donors (Lipinski definition) is 1. The van der Waals surface area contributed by atoms with Gasteiger partial charge >= 0.3 is 17.9 Å². The van der Waals surface area contributed by atoms with Crippen molar-refractivity contribution in [2.24, 2.45) is 0 Å². The molecule has 0 aliphatic rings. The summed E-state index contributed by atoms with van der Waals surface area (Å²) in [6.07, 6.45) is -0.831. The summed E-state index contributed by atoms with van der Waals surface area (Å²) in [6.45, 7) is 0. The van der Waals surface area contributed by atoms with Crippen molar-refractivity contribution in [1.82, 2.24) is 0 Å². The summed E-state index contributed by atoms with van der Waals surface area (Å²) >= 11 is 4.96. The van der Waals surface area contributed by atoms with Gasteiger partial charge in [0.05, 0.1) is 0 Å². The van der Waals surface area contributed by atoms with Gasteiger partial charge in [-0.15, -0.1) is 11.6 Å². The Hall–Kier alpha value is -1.10. The first kappa shape index (κ1) is 9.90. The van der Waals surface area contributed by atoms with Crippen LogP contribution < -0.4 is 0 Å². The minimum Gasteiger partial charge on any atom is -0.481 e. The number of esters is 2. The molecule has 0 amide bonds. The van der Waals surface area contributed by atoms with Crippen molar-refractivity contribution in [1.29, 1.82) is 0 Å². The summed E-state index contributed by atoms with van der Waals surface area (Å²) in [6, 6.07) is 0. The molecule has 0 radical (unpaired) electrons. The molecule has 0 saturated heterocycles. The molecule has 0 bridgehead atoms. The molecule has 0 atom stereocenters. The lowest BCUT2D eigenvalue weighted by Gasteiger charge is -1.95. The fraction of sp³-hybridized carbons (Fsp3) is 0.400. The lowest BCUT2D eigenvalue weighted by atomic mass is 10.4. The number of carbonyl (C=O) groups is 3. The summed E-state index contributed by atoms with van der Waals surface area (Å²) < 4.78 is 3.92. The van der Waals surface area contributed by atoms with Crippen LogP contribution in [0.1, 0.15) is 6.42 Å². The Morgan fingerprint density at radius 3 is 2.18 bits per heavy atom. The lowest BCUT2D eigenvalue weighted by Crippen LogP contribution is -2.16. The maximum Gasteiger partial charge on any atom is 0.328 e. The molecule has 0 heterocycles. The average molecular weight is 181 g/mol. The number of carboxylic acid groups (broad SMARTS) is 1. The Labute approximate surface area is 66.9 Å². The molecule has 6 heteroatoms. The molecule has 0 spiro atoms. The molecule has 11 heavy (non-hydrogen) atoms. The summed E-state index contributed by atoms with van der Waals surface area (Å²) in [5.74, 6) is -3.87. The highest BCUT2D eigenvalue weighted by Gasteiger charge is 2.12. The van der Waals surface area contributed by atoms with E-state index >= 15 is 0 Å². The van der Waals surface area contributed by atoms with Crippen LogP contribution in [0.15, 0.2) is 0 Å². The topological polar surface area (TPSA) is 80.7 Å². The minimum atomic E-state index is -1.35. The van der Waals surface area contributed by atoms with Gasteiger partial charge in [0.25, 0.3) is 0 Å². The van der Waals surface area contributed by atoms with Gasteiger partial charge in [-0.1, -0.05) is 0 Å². The largest absolute Gasteiger partial charge is 0.481 e. The molecule has 0 rings (SSSR count). The van der Waals surface area contributed by atoms with Crippen LogP contribution in [-0.4, -0.2) is 28.9 Å². The molecule has 0 aliphatic carbocycles. The van der Waals surface area contributed by atoms with Crippen molar-refractivity contribution in [3.63, 3.8) is 0 Å². The highest BCUT2D eigenvalue weighted by Crippen LogP contribution is 1.89. The van der Waals surface area contributed by atoms with Crippen LogP contribution in [-0.2, 0) is 19.1 Å². The summed E-state index contributed by atoms with van der Waals surface area (Å²) in [5, 5.41) is 8.02. The van der Waals surface area contributed by atoms with Gasteiger partial charge in [-0.05, 0) is 0 Å². The Kier molecular flexibility index (Phi) is 4.21. The van der Waals surface area contributed by atoms with Crippen LogP contribution in [0.4, 0.5) is 0 Å². The van der Waals surface area contributed by atoms with Gasteiger partial charge in [-0.3, -0.25) is 14.4 Å². The number of ether oxygens (including phenoxy) is 1. The maximum atomic E-state index is 10.3. The standard InChI is InChI=1S/C5H5ClO5/c6-2-5(10)11-4(9)1-3(7)8/h1-2H2,(H,7,8). The molecule has 0 saturated carbocycles. The van der Waals surface area contributed by atoms with Gasteiger partial charge in [0, 0.05) is 0 Å². The first-order valence-corrected chi connectivity index (χ1v) is 3.11. The van der Waals surface area contributed by atoms with Crippen LogP contribution in [0, 0.1) is 0 Å². The monoisotopic (exact) mass is 180 g/mol. The van der Waals surface area contributed by atoms with Crippen LogP contribution in [0.2, 0.25) is 0 Å². The predicted octanol–water partition coefficient (Wildman–Crippen LogP) is -0.230. The summed E-state index contributed by atoms with van der Waals surface area (Å²) in [7, 11) is 0. The first-order chi connectivity index (χ1) is 5.06. The van der Waals surface area contributed by atoms with E-state index < -0.39 is 30.2 Å². The Morgan fingerprint density at radius 2 is 1.82 bits per heavy atom. The van der Waals surface area contributed by atoms with Crippen LogP contribution in [0.3, 0.4) is 0 Å². The van der Waals surface area contributed by atoms with Crippen LogP contribution in [0.25, 0.3) is 0 Å². The molecule has 0 aliphatic heterocycles. The minimum absolute atomic E-state index is 0.467. The number of carbonyl (C=O) groups excluding carboxylic acids is 2. The molecule has 0 aromatic carbocycles. The summed E-state index contributed by atoms with van der Waals surface area (Å²) in [4.78, 5) is 30.4. The highest BCUT2D eigenvalue weighted by molar-refractivity contribution is 6.27. The molecule has 0 aromatic rings. The summed E-state index contributed by atoms with van der Waals surface area (Å²) in [5.41, 5.74) is 0. The molecule has 5 nitrogen and oxygen atoms in total. The Bertz CT molecular complexity index is 187. The van der Waals surface area contributed by atoms with Crippen LogP contribution in [0.5, 0.6) is 0 Å². The molecule has 62 valence electrons. The smallest absolute Gasteiger partial charge is 0.328 e. The van der Waals surface area contributed by atoms with E-state index in [0.29, 0.717) is 0 Å². The van der Waals surface area contributed by atoms with E-state index in [1.807, 2.05) is 0 Å². The van der Waals surface area contributed by atoms with E-state index in [9.17, 15) is 14.4 Å². The third-order valence-electron chi connectivity index (χ3n) is 0.632. The normalized spacial score (nSPS) is 8.82. The van der Waals surface area contributed by atoms with Gasteiger partial charge in [0.2, 0.25) is 0 Å². The van der Waals surface area contributed by atoms with Crippen molar-refractivity contribution in [3.05, 3.63) is 0 Å². The second-order valence-electron chi connectivity index (χ2n) is 1.55. The molecular weight excluding hydrogens is 176 g/mol. The van der Waals surface area contributed by atoms with Crippen molar-refractivity contribution in [2.45, 2.75) is 6.42 Å². The Balaban J connectivity index is 3.70. The SMILES string of the molecule is O=C(O)CC(=O)OC(=O)CCl. The van der Waals surface area contributed by atoms with Crippen LogP contribution >= 0.6 is 11.6 Å². The van der Waals surface area contributed by atoms with E-state index in [0.717, 1.165) is 0 Å². The van der Waals surface area contributed by atoms with Crippen molar-refractivity contribution in [3.8, 4) is 0 Å². The lowest BCUT2D eigenvalue weighted by molar-refractivity contribution is -0.160. The van der Waals surface area contributed by atoms with E-state index in [1.165, 1.54) is 0 Å². The molecule has 0 aromatic heterocycles. The van der Waals surface area contributed by atoms with Crippen molar-refractivity contribution in [2.75, 3.05) is 5.88 Å². The molecule has 1 N–H and O–H groups in total. The number of alkyl halides is 1. The number of aliphatic carboxylic acids is 1. The van der Waals surface area contributed by atoms with Gasteiger partial charge in [-0.2, -0.15) is 0 Å². The maximum absolute atomic E-state index is 10.3. The number of halogens is 1. The second-order valence-corrected chi connectivity index (χ2v) is 1.82. The number of carboxylic acids is 1. The molecule has 0 unspecified atom stereocenters. The molecule has 0 fully saturated rings. The first-order valence-electron chi connectivity index (χ1n) is 2.57. The zero-order valence-corrected chi connectivity index (χ0v) is 6.13. The van der Waals surface area contributed by atoms with E-state index in [-0.39, 0.29) is 0 Å². The highest BCUT2D eigenvalue weighted by atomic mass is 35.5. The quantitative estimate of drug-likeness (QED) is 0.369. The van der Waals surface area contributed by atoms with Gasteiger partial charge in [-0.25, -0.2) is 0 Å². The van der Waals surface area contributed by atoms with Crippen molar-refractivity contribution < 1.29 is 24.2 Å². The van der Waals surface area contributed by atoms with Gasteiger partial charge < -0.3 is 9.84 Å². The second kappa shape index (κ2) is 4.68. The third kappa shape index (κ3) is 5.35. The number of rotatable bonds is 3. The van der Waals surface area contributed by atoms with E-state index in [2.05, 4.69) is 4.74 Å². The third-order valence-corrected chi connectivity index (χ3v) is 0.851. The number of hydrogen-bond acceptors (Lipinski definition) is 4. The fourth-order valence-electron chi connectivity index (χ4n) is 0.314.